The highest BCUT2D eigenvalue weighted by molar-refractivity contribution is 5.79. The fourth-order valence-electron chi connectivity index (χ4n) is 2.75. The van der Waals surface area contributed by atoms with Crippen molar-refractivity contribution < 1.29 is 14.3 Å². The van der Waals surface area contributed by atoms with Gasteiger partial charge in [-0.1, -0.05) is 6.92 Å². The number of carbonyl (C=O) groups excluding carboxylic acids is 1. The molecule has 21 heavy (non-hydrogen) atoms. The third kappa shape index (κ3) is 3.69. The first-order valence-electron chi connectivity index (χ1n) is 7.54. The van der Waals surface area contributed by atoms with E-state index in [2.05, 4.69) is 6.92 Å². The third-order valence-corrected chi connectivity index (χ3v) is 4.32. The van der Waals surface area contributed by atoms with Crippen molar-refractivity contribution in [3.63, 3.8) is 0 Å². The Kier molecular flexibility index (Phi) is 5.10. The third-order valence-electron chi connectivity index (χ3n) is 4.32. The van der Waals surface area contributed by atoms with Gasteiger partial charge in [0.05, 0.1) is 20.6 Å². The summed E-state index contributed by atoms with van der Waals surface area (Å²) >= 11 is 0. The zero-order chi connectivity index (χ0) is 15.4. The number of hydrogen-bond donors (Lipinski definition) is 0. The molecule has 1 amide bonds. The fraction of sp³-hybridized carbons (Fsp3) is 0.588. The van der Waals surface area contributed by atoms with Crippen molar-refractivity contribution in [1.82, 2.24) is 4.90 Å². The van der Waals surface area contributed by atoms with Gasteiger partial charge in [-0.2, -0.15) is 0 Å². The molecule has 0 spiro atoms. The average molecular weight is 291 g/mol. The number of hydrogen-bond acceptors (Lipinski definition) is 3. The minimum absolute atomic E-state index is 0.206. The molecule has 1 heterocycles. The summed E-state index contributed by atoms with van der Waals surface area (Å²) in [6, 6.07) is 3.85. The maximum Gasteiger partial charge on any atom is 0.227 e. The van der Waals surface area contributed by atoms with Crippen LogP contribution in [-0.4, -0.2) is 38.1 Å². The van der Waals surface area contributed by atoms with Crippen molar-refractivity contribution in [2.45, 2.75) is 33.1 Å². The second kappa shape index (κ2) is 6.83. The molecule has 0 radical (unpaired) electrons. The summed E-state index contributed by atoms with van der Waals surface area (Å²) in [6.07, 6.45) is 2.65. The van der Waals surface area contributed by atoms with Crippen LogP contribution in [0.15, 0.2) is 12.1 Å². The molecule has 4 nitrogen and oxygen atoms in total. The normalized spacial score (nSPS) is 15.9. The molecule has 1 aromatic rings. The maximum atomic E-state index is 12.4. The number of benzene rings is 1. The van der Waals surface area contributed by atoms with Gasteiger partial charge in [0, 0.05) is 13.1 Å². The molecule has 0 bridgehead atoms. The lowest BCUT2D eigenvalue weighted by atomic mass is 9.98. The van der Waals surface area contributed by atoms with E-state index in [-0.39, 0.29) is 5.91 Å². The molecule has 1 aliphatic heterocycles. The molecule has 1 aromatic carbocycles. The first-order valence-corrected chi connectivity index (χ1v) is 7.54. The lowest BCUT2D eigenvalue weighted by Crippen LogP contribution is -2.38. The van der Waals surface area contributed by atoms with Crippen molar-refractivity contribution >= 4 is 5.91 Å². The van der Waals surface area contributed by atoms with Gasteiger partial charge in [0.1, 0.15) is 0 Å². The smallest absolute Gasteiger partial charge is 0.227 e. The molecule has 0 saturated carbocycles. The maximum absolute atomic E-state index is 12.4. The van der Waals surface area contributed by atoms with Gasteiger partial charge in [0.25, 0.3) is 0 Å². The summed E-state index contributed by atoms with van der Waals surface area (Å²) < 4.78 is 10.6. The van der Waals surface area contributed by atoms with Crippen molar-refractivity contribution in [1.29, 1.82) is 0 Å². The highest BCUT2D eigenvalue weighted by atomic mass is 16.5. The van der Waals surface area contributed by atoms with E-state index in [1.165, 1.54) is 0 Å². The monoisotopic (exact) mass is 291 g/mol. The molecule has 0 atom stereocenters. The van der Waals surface area contributed by atoms with Crippen LogP contribution < -0.4 is 9.47 Å². The molecule has 1 aliphatic rings. The number of likely N-dealkylation sites (tertiary alicyclic amines) is 1. The summed E-state index contributed by atoms with van der Waals surface area (Å²) in [5.74, 6) is 2.32. The molecular formula is C17H25NO3. The number of aryl methyl sites for hydroxylation is 1. The summed E-state index contributed by atoms with van der Waals surface area (Å²) in [6.45, 7) is 6.02. The van der Waals surface area contributed by atoms with E-state index in [1.807, 2.05) is 24.0 Å². The van der Waals surface area contributed by atoms with Crippen LogP contribution in [0.25, 0.3) is 0 Å². The van der Waals surface area contributed by atoms with Gasteiger partial charge in [-0.15, -0.1) is 0 Å². The quantitative estimate of drug-likeness (QED) is 0.856. The molecule has 0 N–H and O–H groups in total. The van der Waals surface area contributed by atoms with E-state index in [9.17, 15) is 4.79 Å². The number of ether oxygens (including phenoxy) is 2. The lowest BCUT2D eigenvalue weighted by Gasteiger charge is -2.30. The van der Waals surface area contributed by atoms with Crippen LogP contribution >= 0.6 is 0 Å². The second-order valence-electron chi connectivity index (χ2n) is 5.87. The highest BCUT2D eigenvalue weighted by Gasteiger charge is 2.21. The predicted octanol–water partition coefficient (Wildman–Crippen LogP) is 2.81. The predicted molar refractivity (Wildman–Crippen MR) is 83.0 cm³/mol. The lowest BCUT2D eigenvalue weighted by molar-refractivity contribution is -0.131. The number of piperidine rings is 1. The highest BCUT2D eigenvalue weighted by Crippen LogP contribution is 2.30. The zero-order valence-corrected chi connectivity index (χ0v) is 13.4. The molecule has 0 unspecified atom stereocenters. The molecule has 0 aliphatic carbocycles. The van der Waals surface area contributed by atoms with Crippen molar-refractivity contribution in [3.05, 3.63) is 23.3 Å². The number of nitrogens with zero attached hydrogens (tertiary/aromatic N) is 1. The largest absolute Gasteiger partial charge is 0.493 e. The summed E-state index contributed by atoms with van der Waals surface area (Å²) in [5, 5.41) is 0. The summed E-state index contributed by atoms with van der Waals surface area (Å²) in [4.78, 5) is 14.4. The molecule has 116 valence electrons. The summed E-state index contributed by atoms with van der Waals surface area (Å²) in [7, 11) is 3.24. The number of carbonyl (C=O) groups is 1. The van der Waals surface area contributed by atoms with Gasteiger partial charge in [-0.05, 0) is 48.9 Å². The number of rotatable bonds is 4. The minimum Gasteiger partial charge on any atom is -0.493 e. The van der Waals surface area contributed by atoms with Gasteiger partial charge in [-0.25, -0.2) is 0 Å². The zero-order valence-electron chi connectivity index (χ0n) is 13.4. The van der Waals surface area contributed by atoms with Crippen LogP contribution in [0.2, 0.25) is 0 Å². The van der Waals surface area contributed by atoms with Crippen molar-refractivity contribution in [2.24, 2.45) is 5.92 Å². The first kappa shape index (κ1) is 15.7. The van der Waals surface area contributed by atoms with Gasteiger partial charge in [0.2, 0.25) is 5.91 Å². The molecule has 4 heteroatoms. The van der Waals surface area contributed by atoms with Crippen molar-refractivity contribution in [2.75, 3.05) is 27.3 Å². The van der Waals surface area contributed by atoms with Crippen molar-refractivity contribution in [3.8, 4) is 11.5 Å². The number of amides is 1. The van der Waals surface area contributed by atoms with E-state index in [1.54, 1.807) is 14.2 Å². The summed E-state index contributed by atoms with van der Waals surface area (Å²) in [5.41, 5.74) is 2.07. The van der Waals surface area contributed by atoms with E-state index in [0.717, 1.165) is 43.0 Å². The van der Waals surface area contributed by atoms with Crippen LogP contribution in [0.4, 0.5) is 0 Å². The van der Waals surface area contributed by atoms with Crippen LogP contribution in [-0.2, 0) is 11.2 Å². The Morgan fingerprint density at radius 2 is 1.76 bits per heavy atom. The Hall–Kier alpha value is -1.71. The van der Waals surface area contributed by atoms with E-state index < -0.39 is 0 Å². The van der Waals surface area contributed by atoms with Crippen LogP contribution in [0.1, 0.15) is 30.9 Å². The Balaban J connectivity index is 2.10. The Labute approximate surface area is 127 Å². The molecule has 0 aromatic heterocycles. The topological polar surface area (TPSA) is 38.8 Å². The first-order chi connectivity index (χ1) is 10.0. The van der Waals surface area contributed by atoms with E-state index in [4.69, 9.17) is 9.47 Å². The van der Waals surface area contributed by atoms with Crippen LogP contribution in [0.3, 0.4) is 0 Å². The molecule has 1 saturated heterocycles. The van der Waals surface area contributed by atoms with Crippen LogP contribution in [0, 0.1) is 12.8 Å². The number of methoxy groups -OCH3 is 2. The van der Waals surface area contributed by atoms with E-state index >= 15 is 0 Å². The SMILES string of the molecule is COc1cc(C)c(CC(=O)N2CCC(C)CC2)cc1OC. The molecular weight excluding hydrogens is 266 g/mol. The van der Waals surface area contributed by atoms with E-state index in [0.29, 0.717) is 17.9 Å². The Morgan fingerprint density at radius 1 is 1.19 bits per heavy atom. The van der Waals surface area contributed by atoms with Gasteiger partial charge in [-0.3, -0.25) is 4.79 Å². The fourth-order valence-corrected chi connectivity index (χ4v) is 2.75. The minimum atomic E-state index is 0.206. The van der Waals surface area contributed by atoms with Gasteiger partial charge < -0.3 is 14.4 Å². The Morgan fingerprint density at radius 3 is 2.33 bits per heavy atom. The van der Waals surface area contributed by atoms with Crippen LogP contribution in [0.5, 0.6) is 11.5 Å². The van der Waals surface area contributed by atoms with Gasteiger partial charge in [0.15, 0.2) is 11.5 Å². The average Bonchev–Trinajstić information content (AvgIpc) is 2.49. The molecule has 1 fully saturated rings. The second-order valence-corrected chi connectivity index (χ2v) is 5.87. The standard InChI is InChI=1S/C17H25NO3/c1-12-5-7-18(8-6-12)17(19)11-14-10-16(21-4)15(20-3)9-13(14)2/h9-10,12H,5-8,11H2,1-4H3. The van der Waals surface area contributed by atoms with Gasteiger partial charge >= 0.3 is 0 Å². The Bertz CT molecular complexity index is 505. The molecule has 2 rings (SSSR count).